The Kier molecular flexibility index (Phi) is 5.90. The number of benzene rings is 2. The Morgan fingerprint density at radius 1 is 1.07 bits per heavy atom. The molecule has 0 unspecified atom stereocenters. The molecule has 4 rings (SSSR count). The molecule has 0 aliphatic carbocycles. The molecule has 0 saturated heterocycles. The predicted octanol–water partition coefficient (Wildman–Crippen LogP) is 3.32. The summed E-state index contributed by atoms with van der Waals surface area (Å²) in [7, 11) is 1.79. The van der Waals surface area contributed by atoms with E-state index in [1.165, 1.54) is 22.0 Å². The predicted molar refractivity (Wildman–Crippen MR) is 118 cm³/mol. The van der Waals surface area contributed by atoms with Gasteiger partial charge in [0, 0.05) is 49.6 Å². The minimum atomic E-state index is 0.618. The Balaban J connectivity index is 1.30. The Labute approximate surface area is 170 Å². The summed E-state index contributed by atoms with van der Waals surface area (Å²) < 4.78 is 2.15. The molecule has 0 bridgehead atoms. The van der Waals surface area contributed by atoms with Gasteiger partial charge in [-0.2, -0.15) is 0 Å². The van der Waals surface area contributed by atoms with Crippen molar-refractivity contribution < 1.29 is 0 Å². The van der Waals surface area contributed by atoms with Gasteiger partial charge < -0.3 is 20.2 Å². The van der Waals surface area contributed by atoms with Crippen LogP contribution in [0.3, 0.4) is 0 Å². The SMILES string of the molecule is CN=C(NCCc1c[nH]c2ccccc12)NCc1nccn1Cc1ccccc1. The van der Waals surface area contributed by atoms with E-state index in [1.54, 1.807) is 7.05 Å². The van der Waals surface area contributed by atoms with Gasteiger partial charge in [0.05, 0.1) is 6.54 Å². The topological polar surface area (TPSA) is 70.0 Å². The van der Waals surface area contributed by atoms with Gasteiger partial charge in [0.2, 0.25) is 0 Å². The van der Waals surface area contributed by atoms with Gasteiger partial charge in [0.25, 0.3) is 0 Å². The number of nitrogens with zero attached hydrogens (tertiary/aromatic N) is 3. The van der Waals surface area contributed by atoms with Crippen molar-refractivity contribution in [2.24, 2.45) is 4.99 Å². The van der Waals surface area contributed by atoms with Crippen LogP contribution in [0.4, 0.5) is 0 Å². The van der Waals surface area contributed by atoms with Crippen LogP contribution in [0.15, 0.2) is 78.2 Å². The Hall–Kier alpha value is -3.54. The second-order valence-electron chi connectivity index (χ2n) is 6.92. The molecule has 0 radical (unpaired) electrons. The molecule has 0 atom stereocenters. The highest BCUT2D eigenvalue weighted by molar-refractivity contribution is 5.83. The lowest BCUT2D eigenvalue weighted by atomic mass is 10.1. The fourth-order valence-electron chi connectivity index (χ4n) is 3.47. The average Bonchev–Trinajstić information content (AvgIpc) is 3.38. The number of rotatable bonds is 7. The van der Waals surface area contributed by atoms with Crippen LogP contribution < -0.4 is 10.6 Å². The van der Waals surface area contributed by atoms with Gasteiger partial charge in [0.15, 0.2) is 5.96 Å². The van der Waals surface area contributed by atoms with Crippen molar-refractivity contribution in [3.8, 4) is 0 Å². The van der Waals surface area contributed by atoms with E-state index in [1.807, 2.05) is 24.5 Å². The third-order valence-corrected chi connectivity index (χ3v) is 5.00. The lowest BCUT2D eigenvalue weighted by Gasteiger charge is -2.13. The maximum Gasteiger partial charge on any atom is 0.191 e. The molecule has 2 heterocycles. The van der Waals surface area contributed by atoms with Gasteiger partial charge in [-0.25, -0.2) is 4.98 Å². The van der Waals surface area contributed by atoms with Crippen molar-refractivity contribution in [3.05, 3.63) is 90.1 Å². The molecule has 0 aliphatic rings. The molecule has 2 aromatic heterocycles. The van der Waals surface area contributed by atoms with E-state index in [0.717, 1.165) is 31.3 Å². The van der Waals surface area contributed by atoms with Crippen LogP contribution >= 0.6 is 0 Å². The van der Waals surface area contributed by atoms with E-state index in [9.17, 15) is 0 Å². The smallest absolute Gasteiger partial charge is 0.191 e. The van der Waals surface area contributed by atoms with E-state index >= 15 is 0 Å². The molecule has 2 aromatic carbocycles. The first-order valence-electron chi connectivity index (χ1n) is 9.87. The van der Waals surface area contributed by atoms with Crippen molar-refractivity contribution in [2.45, 2.75) is 19.5 Å². The summed E-state index contributed by atoms with van der Waals surface area (Å²) in [5.41, 5.74) is 3.74. The maximum absolute atomic E-state index is 4.49. The van der Waals surface area contributed by atoms with E-state index in [-0.39, 0.29) is 0 Å². The van der Waals surface area contributed by atoms with Crippen LogP contribution in [0.2, 0.25) is 0 Å². The molecule has 0 fully saturated rings. The zero-order valence-electron chi connectivity index (χ0n) is 16.6. The quantitative estimate of drug-likeness (QED) is 0.337. The maximum atomic E-state index is 4.49. The van der Waals surface area contributed by atoms with Crippen molar-refractivity contribution in [3.63, 3.8) is 0 Å². The number of aromatic amines is 1. The molecule has 0 amide bonds. The van der Waals surface area contributed by atoms with Gasteiger partial charge in [-0.15, -0.1) is 0 Å². The third-order valence-electron chi connectivity index (χ3n) is 5.00. The monoisotopic (exact) mass is 386 g/mol. The summed E-state index contributed by atoms with van der Waals surface area (Å²) in [5, 5.41) is 8.03. The first-order valence-corrected chi connectivity index (χ1v) is 9.87. The van der Waals surface area contributed by atoms with Gasteiger partial charge in [-0.3, -0.25) is 4.99 Å². The molecule has 29 heavy (non-hydrogen) atoms. The normalized spacial score (nSPS) is 11.7. The van der Waals surface area contributed by atoms with E-state index in [0.29, 0.717) is 6.54 Å². The van der Waals surface area contributed by atoms with E-state index < -0.39 is 0 Å². The van der Waals surface area contributed by atoms with Crippen molar-refractivity contribution in [1.29, 1.82) is 0 Å². The molecule has 4 aromatic rings. The summed E-state index contributed by atoms with van der Waals surface area (Å²) in [6.07, 6.45) is 6.86. The first kappa shape index (κ1) is 18.8. The molecule has 3 N–H and O–H groups in total. The summed E-state index contributed by atoms with van der Waals surface area (Å²) in [4.78, 5) is 12.1. The number of nitrogens with one attached hydrogen (secondary N) is 3. The fraction of sp³-hybridized carbons (Fsp3) is 0.217. The number of aromatic nitrogens is 3. The van der Waals surface area contributed by atoms with Crippen LogP contribution in [-0.2, 0) is 19.5 Å². The van der Waals surface area contributed by atoms with Crippen LogP contribution in [0, 0.1) is 0 Å². The van der Waals surface area contributed by atoms with E-state index in [4.69, 9.17) is 0 Å². The highest BCUT2D eigenvalue weighted by Gasteiger charge is 2.06. The third kappa shape index (κ3) is 4.66. The molecular weight excluding hydrogens is 360 g/mol. The lowest BCUT2D eigenvalue weighted by molar-refractivity contribution is 0.687. The van der Waals surface area contributed by atoms with Crippen molar-refractivity contribution in [2.75, 3.05) is 13.6 Å². The van der Waals surface area contributed by atoms with Crippen LogP contribution in [0.25, 0.3) is 10.9 Å². The van der Waals surface area contributed by atoms with Crippen molar-refractivity contribution >= 4 is 16.9 Å². The van der Waals surface area contributed by atoms with Gasteiger partial charge in [0.1, 0.15) is 5.82 Å². The van der Waals surface area contributed by atoms with Gasteiger partial charge in [-0.1, -0.05) is 48.5 Å². The molecule has 6 heteroatoms. The first-order chi connectivity index (χ1) is 14.3. The number of fused-ring (bicyclic) bond motifs is 1. The van der Waals surface area contributed by atoms with Crippen LogP contribution in [0.5, 0.6) is 0 Å². The minimum absolute atomic E-state index is 0.618. The van der Waals surface area contributed by atoms with Gasteiger partial charge >= 0.3 is 0 Å². The number of H-pyrrole nitrogens is 1. The van der Waals surface area contributed by atoms with Gasteiger partial charge in [-0.05, 0) is 23.6 Å². The highest BCUT2D eigenvalue weighted by atomic mass is 15.2. The number of guanidine groups is 1. The Morgan fingerprint density at radius 2 is 1.90 bits per heavy atom. The summed E-state index contributed by atoms with van der Waals surface area (Å²) in [6.45, 7) is 2.23. The van der Waals surface area contributed by atoms with E-state index in [2.05, 4.69) is 78.8 Å². The molecule has 6 nitrogen and oxygen atoms in total. The zero-order chi connectivity index (χ0) is 19.9. The highest BCUT2D eigenvalue weighted by Crippen LogP contribution is 2.17. The molecule has 0 saturated carbocycles. The Bertz CT molecular complexity index is 1080. The van der Waals surface area contributed by atoms with Crippen LogP contribution in [0.1, 0.15) is 17.0 Å². The summed E-state index contributed by atoms with van der Waals surface area (Å²) in [5.74, 6) is 1.76. The number of aliphatic imine (C=N–C) groups is 1. The second-order valence-corrected chi connectivity index (χ2v) is 6.92. The number of imidazole rings is 1. The molecular formula is C23H26N6. The van der Waals surface area contributed by atoms with Crippen molar-refractivity contribution in [1.82, 2.24) is 25.2 Å². The summed E-state index contributed by atoms with van der Waals surface area (Å²) >= 11 is 0. The average molecular weight is 387 g/mol. The Morgan fingerprint density at radius 3 is 2.76 bits per heavy atom. The zero-order valence-corrected chi connectivity index (χ0v) is 16.6. The second kappa shape index (κ2) is 9.10. The molecule has 148 valence electrons. The van der Waals surface area contributed by atoms with Crippen LogP contribution in [-0.4, -0.2) is 34.1 Å². The largest absolute Gasteiger partial charge is 0.361 e. The fourth-order valence-corrected chi connectivity index (χ4v) is 3.47. The number of hydrogen-bond acceptors (Lipinski definition) is 2. The lowest BCUT2D eigenvalue weighted by Crippen LogP contribution is -2.38. The molecule has 0 spiro atoms. The number of hydrogen-bond donors (Lipinski definition) is 3. The molecule has 0 aliphatic heterocycles. The summed E-state index contributed by atoms with van der Waals surface area (Å²) in [6, 6.07) is 18.8. The number of para-hydroxylation sites is 1. The minimum Gasteiger partial charge on any atom is -0.361 e. The standard InChI is InChI=1S/C23H26N6/c1-24-23(26-12-11-19-15-27-21-10-6-5-9-20(19)21)28-16-22-25-13-14-29(22)17-18-7-3-2-4-8-18/h2-10,13-15,27H,11-12,16-17H2,1H3,(H2,24,26,28).